The largest absolute Gasteiger partial charge is 0.148 e. The van der Waals surface area contributed by atoms with E-state index >= 15 is 0 Å². The summed E-state index contributed by atoms with van der Waals surface area (Å²) in [6, 6.07) is 2.33. The highest BCUT2D eigenvalue weighted by atomic mass is 32.1. The molecule has 76 valence electrons. The third kappa shape index (κ3) is 3.95. The van der Waals surface area contributed by atoms with Crippen molar-refractivity contribution in [2.45, 2.75) is 53.4 Å². The standard InChI is InChI=1S/C10H16S.C2H6/c1-7(2)9-5-10(8(3)4)11-6-9;1-2/h5-8H,1-4H3;1-2H3. The zero-order chi connectivity index (χ0) is 10.4. The molecule has 0 aliphatic carbocycles. The molecule has 0 aromatic carbocycles. The Labute approximate surface area is 87.0 Å². The van der Waals surface area contributed by atoms with Gasteiger partial charge in [-0.05, 0) is 28.8 Å². The summed E-state index contributed by atoms with van der Waals surface area (Å²) in [6.45, 7) is 13.0. The van der Waals surface area contributed by atoms with Gasteiger partial charge in [-0.2, -0.15) is 0 Å². The minimum absolute atomic E-state index is 0.679. The van der Waals surface area contributed by atoms with Gasteiger partial charge in [-0.25, -0.2) is 0 Å². The molecule has 0 atom stereocenters. The summed E-state index contributed by atoms with van der Waals surface area (Å²) in [5.74, 6) is 1.37. The summed E-state index contributed by atoms with van der Waals surface area (Å²) in [7, 11) is 0. The Hall–Kier alpha value is -0.300. The summed E-state index contributed by atoms with van der Waals surface area (Å²) in [5, 5.41) is 2.28. The molecule has 1 rings (SSSR count). The summed E-state index contributed by atoms with van der Waals surface area (Å²) in [6.07, 6.45) is 0. The molecule has 1 aromatic heterocycles. The van der Waals surface area contributed by atoms with E-state index in [2.05, 4.69) is 39.1 Å². The van der Waals surface area contributed by atoms with Gasteiger partial charge in [0.2, 0.25) is 0 Å². The lowest BCUT2D eigenvalue weighted by Gasteiger charge is -2.00. The van der Waals surface area contributed by atoms with Gasteiger partial charge < -0.3 is 0 Å². The molecule has 0 unspecified atom stereocenters. The van der Waals surface area contributed by atoms with Crippen LogP contribution < -0.4 is 0 Å². The smallest absolute Gasteiger partial charge is 0.00736 e. The lowest BCUT2D eigenvalue weighted by molar-refractivity contribution is 0.856. The van der Waals surface area contributed by atoms with Crippen LogP contribution in [0.15, 0.2) is 11.4 Å². The van der Waals surface area contributed by atoms with Gasteiger partial charge in [0.05, 0.1) is 0 Å². The summed E-state index contributed by atoms with van der Waals surface area (Å²) in [4.78, 5) is 1.51. The summed E-state index contributed by atoms with van der Waals surface area (Å²) in [5.41, 5.74) is 1.48. The second-order valence-corrected chi connectivity index (χ2v) is 4.53. The molecule has 0 aliphatic rings. The highest BCUT2D eigenvalue weighted by Crippen LogP contribution is 2.27. The molecule has 0 amide bonds. The van der Waals surface area contributed by atoms with E-state index in [1.807, 2.05) is 25.2 Å². The first-order chi connectivity index (χ1) is 6.11. The van der Waals surface area contributed by atoms with E-state index in [0.29, 0.717) is 11.8 Å². The normalized spacial score (nSPS) is 10.2. The molecule has 1 heteroatoms. The molecule has 0 N–H and O–H groups in total. The molecule has 0 saturated carbocycles. The van der Waals surface area contributed by atoms with Gasteiger partial charge in [0.25, 0.3) is 0 Å². The number of hydrogen-bond donors (Lipinski definition) is 0. The van der Waals surface area contributed by atoms with Crippen LogP contribution in [-0.4, -0.2) is 0 Å². The Kier molecular flexibility index (Phi) is 6.06. The average molecular weight is 198 g/mol. The highest BCUT2D eigenvalue weighted by Gasteiger charge is 2.05. The van der Waals surface area contributed by atoms with Crippen LogP contribution in [0.4, 0.5) is 0 Å². The molecular weight excluding hydrogens is 176 g/mol. The first kappa shape index (κ1) is 12.7. The van der Waals surface area contributed by atoms with Crippen LogP contribution in [0, 0.1) is 0 Å². The monoisotopic (exact) mass is 198 g/mol. The fourth-order valence-corrected chi connectivity index (χ4v) is 2.06. The predicted octanol–water partition coefficient (Wildman–Crippen LogP) is 5.02. The third-order valence-corrected chi connectivity index (χ3v) is 3.13. The molecule has 1 heterocycles. The van der Waals surface area contributed by atoms with E-state index in [1.165, 1.54) is 10.4 Å². The maximum atomic E-state index is 2.33. The van der Waals surface area contributed by atoms with Crippen molar-refractivity contribution in [2.24, 2.45) is 0 Å². The Bertz CT molecular complexity index is 198. The Balaban J connectivity index is 0.000000671. The van der Waals surface area contributed by atoms with Crippen LogP contribution in [0.2, 0.25) is 0 Å². The van der Waals surface area contributed by atoms with Crippen LogP contribution >= 0.6 is 11.3 Å². The maximum Gasteiger partial charge on any atom is 0.00736 e. The maximum absolute atomic E-state index is 2.33. The summed E-state index contributed by atoms with van der Waals surface area (Å²) >= 11 is 1.89. The van der Waals surface area contributed by atoms with Crippen LogP contribution in [0.5, 0.6) is 0 Å². The molecule has 0 saturated heterocycles. The van der Waals surface area contributed by atoms with Crippen LogP contribution in [0.3, 0.4) is 0 Å². The van der Waals surface area contributed by atoms with E-state index in [1.54, 1.807) is 0 Å². The van der Waals surface area contributed by atoms with Crippen molar-refractivity contribution in [2.75, 3.05) is 0 Å². The lowest BCUT2D eigenvalue weighted by Crippen LogP contribution is -1.83. The quantitative estimate of drug-likeness (QED) is 0.626. The van der Waals surface area contributed by atoms with Crippen LogP contribution in [0.25, 0.3) is 0 Å². The second-order valence-electron chi connectivity index (χ2n) is 3.59. The Morgan fingerprint density at radius 2 is 1.54 bits per heavy atom. The van der Waals surface area contributed by atoms with E-state index in [9.17, 15) is 0 Å². The molecule has 0 spiro atoms. The highest BCUT2D eigenvalue weighted by molar-refractivity contribution is 7.10. The van der Waals surface area contributed by atoms with Gasteiger partial charge in [-0.1, -0.05) is 41.5 Å². The molecule has 0 fully saturated rings. The van der Waals surface area contributed by atoms with Crippen molar-refractivity contribution in [3.05, 3.63) is 21.9 Å². The van der Waals surface area contributed by atoms with Gasteiger partial charge in [0.15, 0.2) is 0 Å². The van der Waals surface area contributed by atoms with E-state index < -0.39 is 0 Å². The van der Waals surface area contributed by atoms with E-state index in [-0.39, 0.29) is 0 Å². The van der Waals surface area contributed by atoms with E-state index in [0.717, 1.165) is 0 Å². The molecule has 1 aromatic rings. The van der Waals surface area contributed by atoms with Gasteiger partial charge >= 0.3 is 0 Å². The Morgan fingerprint density at radius 1 is 1.00 bits per heavy atom. The SMILES string of the molecule is CC.CC(C)c1csc(C(C)C)c1. The van der Waals surface area contributed by atoms with Gasteiger partial charge in [0, 0.05) is 4.88 Å². The van der Waals surface area contributed by atoms with Crippen molar-refractivity contribution in [3.63, 3.8) is 0 Å². The van der Waals surface area contributed by atoms with Crippen molar-refractivity contribution < 1.29 is 0 Å². The molecule has 0 aliphatic heterocycles. The van der Waals surface area contributed by atoms with Crippen LogP contribution in [-0.2, 0) is 0 Å². The molecule has 0 nitrogen and oxygen atoms in total. The zero-order valence-electron chi connectivity index (χ0n) is 9.72. The lowest BCUT2D eigenvalue weighted by atomic mass is 10.1. The number of hydrogen-bond acceptors (Lipinski definition) is 1. The van der Waals surface area contributed by atoms with Gasteiger partial charge in [-0.3, -0.25) is 0 Å². The minimum atomic E-state index is 0.679. The zero-order valence-corrected chi connectivity index (χ0v) is 10.5. The molecule has 0 bridgehead atoms. The first-order valence-corrected chi connectivity index (χ1v) is 6.07. The summed E-state index contributed by atoms with van der Waals surface area (Å²) < 4.78 is 0. The third-order valence-electron chi connectivity index (χ3n) is 1.88. The second kappa shape index (κ2) is 6.20. The number of thiophene rings is 1. The van der Waals surface area contributed by atoms with E-state index in [4.69, 9.17) is 0 Å². The minimum Gasteiger partial charge on any atom is -0.148 e. The average Bonchev–Trinajstić information content (AvgIpc) is 2.56. The fourth-order valence-electron chi connectivity index (χ4n) is 0.974. The predicted molar refractivity (Wildman–Crippen MR) is 63.8 cm³/mol. The van der Waals surface area contributed by atoms with Crippen molar-refractivity contribution in [1.82, 2.24) is 0 Å². The number of rotatable bonds is 2. The van der Waals surface area contributed by atoms with Crippen molar-refractivity contribution in [1.29, 1.82) is 0 Å². The van der Waals surface area contributed by atoms with Gasteiger partial charge in [-0.15, -0.1) is 11.3 Å². The first-order valence-electron chi connectivity index (χ1n) is 5.19. The molecule has 13 heavy (non-hydrogen) atoms. The van der Waals surface area contributed by atoms with Crippen molar-refractivity contribution in [3.8, 4) is 0 Å². The van der Waals surface area contributed by atoms with Gasteiger partial charge in [0.1, 0.15) is 0 Å². The van der Waals surface area contributed by atoms with Crippen LogP contribution in [0.1, 0.15) is 63.8 Å². The Morgan fingerprint density at radius 3 is 1.77 bits per heavy atom. The van der Waals surface area contributed by atoms with Crippen molar-refractivity contribution >= 4 is 11.3 Å². The molecule has 0 radical (unpaired) electrons. The topological polar surface area (TPSA) is 0 Å². The fraction of sp³-hybridized carbons (Fsp3) is 0.667. The molecular formula is C12H22S.